The van der Waals surface area contributed by atoms with Crippen LogP contribution in [0, 0.1) is 0 Å². The molecule has 2 amide bonds. The van der Waals surface area contributed by atoms with Gasteiger partial charge in [0.15, 0.2) is 7.85 Å². The van der Waals surface area contributed by atoms with E-state index in [-0.39, 0.29) is 24.8 Å². The molecule has 0 fully saturated rings. The summed E-state index contributed by atoms with van der Waals surface area (Å²) < 4.78 is 0. The Bertz CT molecular complexity index is 395. The molecule has 4 nitrogen and oxygen atoms in total. The molecular formula is C13H18BNO3S. The summed E-state index contributed by atoms with van der Waals surface area (Å²) in [7, 11) is 5.01. The van der Waals surface area contributed by atoms with Gasteiger partial charge in [0, 0.05) is 19.0 Å². The van der Waals surface area contributed by atoms with Crippen molar-refractivity contribution in [2.45, 2.75) is 39.0 Å². The van der Waals surface area contributed by atoms with E-state index >= 15 is 0 Å². The minimum Gasteiger partial charge on any atom is -0.313 e. The molecule has 0 saturated heterocycles. The van der Waals surface area contributed by atoms with Crippen molar-refractivity contribution in [2.24, 2.45) is 0 Å². The van der Waals surface area contributed by atoms with Crippen LogP contribution in [0.15, 0.2) is 11.0 Å². The minimum absolute atomic E-state index is 0.0137. The average Bonchev–Trinajstić information content (AvgIpc) is 2.62. The molecule has 1 aliphatic heterocycles. The molecule has 1 rings (SSSR count). The Hall–Kier alpha value is -1.04. The highest BCUT2D eigenvalue weighted by Gasteiger charge is 2.30. The highest BCUT2D eigenvalue weighted by atomic mass is 32.2. The van der Waals surface area contributed by atoms with Crippen LogP contribution in [-0.2, 0) is 14.4 Å². The first kappa shape index (κ1) is 16.0. The molecule has 0 aromatic carbocycles. The molecule has 0 unspecified atom stereocenters. The standard InChI is InChI=1S/C13H18BNO3S/c1-2-3-4-5-8-19-10-9-12(17)15(13(10)18)7-6-11(14)16/h9H,2-8H2,1H3. The monoisotopic (exact) mass is 279 g/mol. The van der Waals surface area contributed by atoms with Gasteiger partial charge in [-0.25, -0.2) is 0 Å². The number of imide groups is 1. The van der Waals surface area contributed by atoms with Gasteiger partial charge in [-0.2, -0.15) is 0 Å². The van der Waals surface area contributed by atoms with E-state index in [0.717, 1.165) is 23.5 Å². The highest BCUT2D eigenvalue weighted by molar-refractivity contribution is 8.04. The van der Waals surface area contributed by atoms with Crippen molar-refractivity contribution in [1.82, 2.24) is 4.90 Å². The molecule has 19 heavy (non-hydrogen) atoms. The van der Waals surface area contributed by atoms with E-state index in [1.807, 2.05) is 0 Å². The number of hydrogen-bond acceptors (Lipinski definition) is 4. The zero-order chi connectivity index (χ0) is 14.3. The lowest BCUT2D eigenvalue weighted by Crippen LogP contribution is -2.32. The first-order chi connectivity index (χ1) is 9.06. The van der Waals surface area contributed by atoms with E-state index in [9.17, 15) is 14.4 Å². The Balaban J connectivity index is 2.36. The Morgan fingerprint density at radius 3 is 2.68 bits per heavy atom. The Kier molecular flexibility index (Phi) is 6.91. The third-order valence-electron chi connectivity index (χ3n) is 2.81. The third-order valence-corrected chi connectivity index (χ3v) is 3.91. The van der Waals surface area contributed by atoms with E-state index in [1.54, 1.807) is 0 Å². The topological polar surface area (TPSA) is 54.5 Å². The normalized spacial score (nSPS) is 15.0. The van der Waals surface area contributed by atoms with E-state index in [2.05, 4.69) is 6.92 Å². The molecule has 1 heterocycles. The van der Waals surface area contributed by atoms with Crippen LogP contribution in [0.1, 0.15) is 39.0 Å². The molecule has 0 aliphatic carbocycles. The van der Waals surface area contributed by atoms with Crippen molar-refractivity contribution >= 4 is 37.1 Å². The smallest absolute Gasteiger partial charge is 0.267 e. The summed E-state index contributed by atoms with van der Waals surface area (Å²) in [5, 5.41) is 0. The van der Waals surface area contributed by atoms with Crippen molar-refractivity contribution in [3.63, 3.8) is 0 Å². The molecule has 2 radical (unpaired) electrons. The van der Waals surface area contributed by atoms with Crippen LogP contribution in [0.3, 0.4) is 0 Å². The van der Waals surface area contributed by atoms with Gasteiger partial charge >= 0.3 is 0 Å². The molecule has 0 atom stereocenters. The van der Waals surface area contributed by atoms with E-state index in [4.69, 9.17) is 7.85 Å². The van der Waals surface area contributed by atoms with Gasteiger partial charge in [0.25, 0.3) is 11.8 Å². The van der Waals surface area contributed by atoms with E-state index in [1.165, 1.54) is 30.7 Å². The molecule has 0 N–H and O–H groups in total. The van der Waals surface area contributed by atoms with Crippen LogP contribution < -0.4 is 0 Å². The summed E-state index contributed by atoms with van der Waals surface area (Å²) in [6.07, 6.45) is 5.92. The van der Waals surface area contributed by atoms with Gasteiger partial charge in [0.1, 0.15) is 0 Å². The number of nitrogens with zero attached hydrogens (tertiary/aromatic N) is 1. The maximum absolute atomic E-state index is 11.9. The average molecular weight is 279 g/mol. The molecule has 0 spiro atoms. The van der Waals surface area contributed by atoms with Crippen molar-refractivity contribution in [3.05, 3.63) is 11.0 Å². The third kappa shape index (κ3) is 5.23. The number of amides is 2. The first-order valence-electron chi connectivity index (χ1n) is 6.55. The van der Waals surface area contributed by atoms with Crippen LogP contribution in [-0.4, -0.2) is 42.5 Å². The van der Waals surface area contributed by atoms with Crippen LogP contribution >= 0.6 is 11.8 Å². The van der Waals surface area contributed by atoms with Gasteiger partial charge in [-0.15, -0.1) is 11.8 Å². The highest BCUT2D eigenvalue weighted by Crippen LogP contribution is 2.25. The first-order valence-corrected chi connectivity index (χ1v) is 7.53. The molecule has 0 aromatic rings. The summed E-state index contributed by atoms with van der Waals surface area (Å²) in [5.74, 6) is 0.197. The summed E-state index contributed by atoms with van der Waals surface area (Å²) in [5.41, 5.74) is -0.513. The number of thioether (sulfide) groups is 1. The second kappa shape index (κ2) is 8.20. The van der Waals surface area contributed by atoms with Crippen molar-refractivity contribution < 1.29 is 14.4 Å². The van der Waals surface area contributed by atoms with Crippen LogP contribution in [0.25, 0.3) is 0 Å². The van der Waals surface area contributed by atoms with Gasteiger partial charge in [-0.1, -0.05) is 26.2 Å². The zero-order valence-electron chi connectivity index (χ0n) is 11.2. The van der Waals surface area contributed by atoms with Crippen molar-refractivity contribution in [2.75, 3.05) is 12.3 Å². The van der Waals surface area contributed by atoms with Crippen molar-refractivity contribution in [1.29, 1.82) is 0 Å². The lowest BCUT2D eigenvalue weighted by molar-refractivity contribution is -0.137. The predicted molar refractivity (Wildman–Crippen MR) is 76.8 cm³/mol. The summed E-state index contributed by atoms with van der Waals surface area (Å²) in [4.78, 5) is 35.8. The van der Waals surface area contributed by atoms with Crippen LogP contribution in [0.2, 0.25) is 0 Å². The number of unbranched alkanes of at least 4 members (excludes halogenated alkanes) is 3. The van der Waals surface area contributed by atoms with Gasteiger partial charge in [-0.05, 0) is 12.2 Å². The summed E-state index contributed by atoms with van der Waals surface area (Å²) in [6, 6.07) is 0. The lowest BCUT2D eigenvalue weighted by Gasteiger charge is -2.13. The minimum atomic E-state index is -0.513. The molecule has 1 aliphatic rings. The number of carbonyl (C=O) groups is 3. The molecule has 0 bridgehead atoms. The zero-order valence-corrected chi connectivity index (χ0v) is 12.0. The Labute approximate surface area is 119 Å². The Morgan fingerprint density at radius 2 is 2.05 bits per heavy atom. The fourth-order valence-corrected chi connectivity index (χ4v) is 2.72. The fourth-order valence-electron chi connectivity index (χ4n) is 1.73. The van der Waals surface area contributed by atoms with Crippen molar-refractivity contribution in [3.8, 4) is 0 Å². The number of rotatable bonds is 9. The second-order valence-electron chi connectivity index (χ2n) is 4.43. The van der Waals surface area contributed by atoms with Gasteiger partial charge < -0.3 is 4.79 Å². The molecule has 6 heteroatoms. The fraction of sp³-hybridized carbons (Fsp3) is 0.615. The molecule has 0 saturated carbocycles. The summed E-state index contributed by atoms with van der Waals surface area (Å²) >= 11 is 1.42. The largest absolute Gasteiger partial charge is 0.313 e. The second-order valence-corrected chi connectivity index (χ2v) is 5.57. The quantitative estimate of drug-likeness (QED) is 0.366. The SMILES string of the molecule is [B]C(=O)CCN1C(=O)C=C(SCCCCCC)C1=O. The molecular weight excluding hydrogens is 261 g/mol. The summed E-state index contributed by atoms with van der Waals surface area (Å²) in [6.45, 7) is 2.22. The Morgan fingerprint density at radius 1 is 1.32 bits per heavy atom. The lowest BCUT2D eigenvalue weighted by atomic mass is 10.00. The predicted octanol–water partition coefficient (Wildman–Crippen LogP) is 1.64. The van der Waals surface area contributed by atoms with Crippen LogP contribution in [0.5, 0.6) is 0 Å². The number of carbonyl (C=O) groups excluding carboxylic acids is 3. The molecule has 102 valence electrons. The number of hydrogen-bond donors (Lipinski definition) is 0. The maximum atomic E-state index is 11.9. The maximum Gasteiger partial charge on any atom is 0.267 e. The van der Waals surface area contributed by atoms with E-state index < -0.39 is 5.68 Å². The van der Waals surface area contributed by atoms with Gasteiger partial charge in [0.05, 0.1) is 10.6 Å². The molecule has 0 aromatic heterocycles. The van der Waals surface area contributed by atoms with Gasteiger partial charge in [-0.3, -0.25) is 14.5 Å². The van der Waals surface area contributed by atoms with Gasteiger partial charge in [0.2, 0.25) is 0 Å². The van der Waals surface area contributed by atoms with E-state index in [0.29, 0.717) is 4.91 Å². The van der Waals surface area contributed by atoms with Crippen LogP contribution in [0.4, 0.5) is 0 Å².